The average molecular weight is 190 g/mol. The third-order valence-electron chi connectivity index (χ3n) is 1.70. The van der Waals surface area contributed by atoms with Crippen LogP contribution in [0.15, 0.2) is 0 Å². The molecule has 12 heavy (non-hydrogen) atoms. The molecule has 0 aliphatic rings. The first-order valence-electron chi connectivity index (χ1n) is 4.08. The molecule has 0 saturated heterocycles. The van der Waals surface area contributed by atoms with Crippen molar-refractivity contribution in [2.75, 3.05) is 0 Å². The van der Waals surface area contributed by atoms with Crippen molar-refractivity contribution in [1.29, 1.82) is 0 Å². The molecule has 0 aromatic rings. The Hall–Kier alpha value is -0.220. The molecule has 1 atom stereocenters. The molecule has 1 unspecified atom stereocenters. The highest BCUT2D eigenvalue weighted by Crippen LogP contribution is 2.20. The summed E-state index contributed by atoms with van der Waals surface area (Å²) in [6.07, 6.45) is 0.691. The van der Waals surface area contributed by atoms with Gasteiger partial charge in [0.2, 0.25) is 5.91 Å². The fourth-order valence-electron chi connectivity index (χ4n) is 0.962. The van der Waals surface area contributed by atoms with Gasteiger partial charge < -0.3 is 5.73 Å². The van der Waals surface area contributed by atoms with Gasteiger partial charge in [-0.1, -0.05) is 19.7 Å². The largest absolute Gasteiger partial charge is 0.368 e. The maximum absolute atomic E-state index is 11.0. The zero-order valence-electron chi connectivity index (χ0n) is 8.16. The number of thiol groups is 1. The Labute approximate surface area is 79.8 Å². The van der Waals surface area contributed by atoms with Crippen LogP contribution < -0.4 is 5.73 Å². The van der Waals surface area contributed by atoms with Crippen LogP contribution in [-0.4, -0.2) is 21.8 Å². The van der Waals surface area contributed by atoms with Crippen LogP contribution in [0.1, 0.15) is 34.1 Å². The second-order valence-corrected chi connectivity index (χ2v) is 4.27. The molecule has 0 aromatic carbocycles. The van der Waals surface area contributed by atoms with Crippen LogP contribution in [-0.2, 0) is 4.79 Å². The molecule has 0 aliphatic carbocycles. The van der Waals surface area contributed by atoms with Gasteiger partial charge in [0.15, 0.2) is 0 Å². The summed E-state index contributed by atoms with van der Waals surface area (Å²) < 4.78 is 1.70. The van der Waals surface area contributed by atoms with Gasteiger partial charge in [0.1, 0.15) is 0 Å². The Morgan fingerprint density at radius 3 is 2.08 bits per heavy atom. The van der Waals surface area contributed by atoms with Crippen LogP contribution in [0.2, 0.25) is 0 Å². The van der Waals surface area contributed by atoms with Crippen molar-refractivity contribution in [3.05, 3.63) is 0 Å². The number of rotatable bonds is 3. The number of carbonyl (C=O) groups is 1. The number of nitrogens with zero attached hydrogens (tertiary/aromatic N) is 1. The summed E-state index contributed by atoms with van der Waals surface area (Å²) in [6, 6.07) is -0.284. The molecule has 72 valence electrons. The van der Waals surface area contributed by atoms with Crippen molar-refractivity contribution in [3.8, 4) is 0 Å². The molecule has 3 nitrogen and oxygen atoms in total. The van der Waals surface area contributed by atoms with E-state index in [1.54, 1.807) is 4.31 Å². The van der Waals surface area contributed by atoms with E-state index in [1.807, 2.05) is 27.7 Å². The monoisotopic (exact) mass is 190 g/mol. The summed E-state index contributed by atoms with van der Waals surface area (Å²) in [5, 5.41) is 0. The lowest BCUT2D eigenvalue weighted by atomic mass is 10.1. The second-order valence-electron chi connectivity index (χ2n) is 3.84. The molecule has 0 spiro atoms. The van der Waals surface area contributed by atoms with Gasteiger partial charge in [-0.05, 0) is 27.2 Å². The maximum Gasteiger partial charge on any atom is 0.235 e. The second kappa shape index (κ2) is 4.14. The molecule has 0 saturated carbocycles. The van der Waals surface area contributed by atoms with Crippen molar-refractivity contribution < 1.29 is 4.79 Å². The molecule has 0 heterocycles. The van der Waals surface area contributed by atoms with E-state index in [4.69, 9.17) is 5.73 Å². The first kappa shape index (κ1) is 11.8. The molecule has 0 fully saturated rings. The minimum Gasteiger partial charge on any atom is -0.368 e. The number of hydrogen-bond acceptors (Lipinski definition) is 3. The lowest BCUT2D eigenvalue weighted by Gasteiger charge is -2.35. The molecule has 0 rings (SSSR count). The van der Waals surface area contributed by atoms with E-state index in [2.05, 4.69) is 12.8 Å². The van der Waals surface area contributed by atoms with E-state index < -0.39 is 0 Å². The van der Waals surface area contributed by atoms with E-state index in [0.717, 1.165) is 0 Å². The van der Waals surface area contributed by atoms with Gasteiger partial charge in [-0.2, -0.15) is 0 Å². The third kappa shape index (κ3) is 3.03. The quantitative estimate of drug-likeness (QED) is 0.657. The average Bonchev–Trinajstić information content (AvgIpc) is 1.86. The molecule has 0 aliphatic heterocycles. The van der Waals surface area contributed by atoms with E-state index >= 15 is 0 Å². The zero-order chi connectivity index (χ0) is 9.94. The van der Waals surface area contributed by atoms with E-state index in [9.17, 15) is 4.79 Å². The molecule has 0 radical (unpaired) electrons. The van der Waals surface area contributed by atoms with Crippen molar-refractivity contribution in [3.63, 3.8) is 0 Å². The Morgan fingerprint density at radius 2 is 2.00 bits per heavy atom. The molecule has 0 aromatic heterocycles. The number of hydrogen-bond donors (Lipinski definition) is 2. The first-order chi connectivity index (χ1) is 5.30. The first-order valence-corrected chi connectivity index (χ1v) is 4.48. The summed E-state index contributed by atoms with van der Waals surface area (Å²) in [6.45, 7) is 7.90. The van der Waals surface area contributed by atoms with Crippen LogP contribution in [0.3, 0.4) is 0 Å². The Bertz CT molecular complexity index is 165. The predicted octanol–water partition coefficient (Wildman–Crippen LogP) is 1.20. The van der Waals surface area contributed by atoms with Gasteiger partial charge in [0.05, 0.1) is 6.04 Å². The summed E-state index contributed by atoms with van der Waals surface area (Å²) >= 11 is 4.26. The Morgan fingerprint density at radius 1 is 1.58 bits per heavy atom. The van der Waals surface area contributed by atoms with Gasteiger partial charge in [-0.3, -0.25) is 4.79 Å². The van der Waals surface area contributed by atoms with Crippen LogP contribution in [0.5, 0.6) is 0 Å². The van der Waals surface area contributed by atoms with Crippen molar-refractivity contribution in [2.24, 2.45) is 5.73 Å². The number of carbonyl (C=O) groups excluding carboxylic acids is 1. The van der Waals surface area contributed by atoms with E-state index in [0.29, 0.717) is 6.42 Å². The van der Waals surface area contributed by atoms with E-state index in [-0.39, 0.29) is 17.5 Å². The molecule has 4 heteroatoms. The summed E-state index contributed by atoms with van der Waals surface area (Å²) in [4.78, 5) is 11.0. The van der Waals surface area contributed by atoms with Gasteiger partial charge in [0, 0.05) is 5.54 Å². The van der Waals surface area contributed by atoms with Crippen LogP contribution in [0.4, 0.5) is 0 Å². The smallest absolute Gasteiger partial charge is 0.235 e. The van der Waals surface area contributed by atoms with Crippen LogP contribution in [0, 0.1) is 0 Å². The van der Waals surface area contributed by atoms with Gasteiger partial charge in [-0.25, -0.2) is 4.31 Å². The Balaban J connectivity index is 4.42. The number of nitrogens with two attached hydrogens (primary N) is 1. The molecular weight excluding hydrogens is 172 g/mol. The zero-order valence-corrected chi connectivity index (χ0v) is 9.06. The lowest BCUT2D eigenvalue weighted by molar-refractivity contribution is -0.122. The minimum absolute atomic E-state index is 0.140. The van der Waals surface area contributed by atoms with Crippen LogP contribution >= 0.6 is 12.8 Å². The Kier molecular flexibility index (Phi) is 4.06. The maximum atomic E-state index is 11.0. The predicted molar refractivity (Wildman–Crippen MR) is 53.9 cm³/mol. The molecular formula is C8H18N2OS. The summed E-state index contributed by atoms with van der Waals surface area (Å²) in [5.74, 6) is -0.317. The lowest BCUT2D eigenvalue weighted by Crippen LogP contribution is -2.47. The summed E-state index contributed by atoms with van der Waals surface area (Å²) in [5.41, 5.74) is 5.08. The molecule has 2 N–H and O–H groups in total. The highest BCUT2D eigenvalue weighted by atomic mass is 32.1. The normalized spacial score (nSPS) is 14.8. The third-order valence-corrected chi connectivity index (χ3v) is 2.58. The van der Waals surface area contributed by atoms with Crippen molar-refractivity contribution in [2.45, 2.75) is 45.7 Å². The van der Waals surface area contributed by atoms with Gasteiger partial charge in [0.25, 0.3) is 0 Å². The van der Waals surface area contributed by atoms with Crippen molar-refractivity contribution in [1.82, 2.24) is 4.31 Å². The minimum atomic E-state index is -0.317. The number of primary amides is 1. The fourth-order valence-corrected chi connectivity index (χ4v) is 1.24. The highest BCUT2D eigenvalue weighted by Gasteiger charge is 2.28. The molecule has 1 amide bonds. The summed E-state index contributed by atoms with van der Waals surface area (Å²) in [7, 11) is 0. The molecule has 0 bridgehead atoms. The standard InChI is InChI=1S/C8H18N2OS/c1-5-6(7(9)11)10(12)8(2,3)4/h6,12H,5H2,1-4H3,(H2,9,11). The topological polar surface area (TPSA) is 46.3 Å². The van der Waals surface area contributed by atoms with Crippen LogP contribution in [0.25, 0.3) is 0 Å². The van der Waals surface area contributed by atoms with Gasteiger partial charge >= 0.3 is 0 Å². The van der Waals surface area contributed by atoms with Crippen molar-refractivity contribution >= 4 is 18.7 Å². The fraction of sp³-hybridized carbons (Fsp3) is 0.875. The number of amides is 1. The highest BCUT2D eigenvalue weighted by molar-refractivity contribution is 7.77. The SMILES string of the molecule is CCC(C(N)=O)N(S)C(C)(C)C. The van der Waals surface area contributed by atoms with E-state index in [1.165, 1.54) is 0 Å². The van der Waals surface area contributed by atoms with Gasteiger partial charge in [-0.15, -0.1) is 0 Å².